The topological polar surface area (TPSA) is 157 Å². The average Bonchev–Trinajstić information content (AvgIpc) is 3.06. The lowest BCUT2D eigenvalue weighted by Gasteiger charge is -2.53. The highest BCUT2D eigenvalue weighted by molar-refractivity contribution is 6.97. The summed E-state index contributed by atoms with van der Waals surface area (Å²) in [5, 5.41) is 0. The summed E-state index contributed by atoms with van der Waals surface area (Å²) in [4.78, 5) is 0. The van der Waals surface area contributed by atoms with Gasteiger partial charge in [0.2, 0.25) is 0 Å². The molecule has 4 atom stereocenters. The Labute approximate surface area is 487 Å². The van der Waals surface area contributed by atoms with Crippen molar-refractivity contribution in [2.45, 2.75) is 262 Å². The van der Waals surface area contributed by atoms with Crippen molar-refractivity contribution in [1.29, 1.82) is 0 Å². The summed E-state index contributed by atoms with van der Waals surface area (Å²) < 4.78 is 127. The first-order valence-corrected chi connectivity index (χ1v) is 67.4. The lowest BCUT2D eigenvalue weighted by molar-refractivity contribution is -0.157. The lowest BCUT2D eigenvalue weighted by Crippen LogP contribution is -2.79. The first-order valence-electron chi connectivity index (χ1n) is 27.7. The predicted octanol–water partition coefficient (Wildman–Crippen LogP) is 14.6. The number of rotatable bonds is 40. The van der Waals surface area contributed by atoms with Gasteiger partial charge in [-0.05, 0) is 198 Å². The molecule has 0 aromatic rings. The Morgan fingerprint density at radius 2 is 0.468 bits per heavy atom. The highest BCUT2D eigenvalue weighted by atomic mass is 28.6. The third kappa shape index (κ3) is 34.5. The van der Waals surface area contributed by atoms with E-state index in [1.165, 1.54) is 0 Å². The molecular weight excluding hydrogens is 1220 g/mol. The monoisotopic (exact) mass is 1330 g/mol. The fourth-order valence-electron chi connectivity index (χ4n) is 8.37. The van der Waals surface area contributed by atoms with E-state index in [1.54, 1.807) is 0 Å². The van der Waals surface area contributed by atoms with Crippen LogP contribution in [0, 0.1) is 0 Å². The number of hydrogen-bond acceptors (Lipinski definition) is 17. The molecular formula is C46H118O17Si14. The van der Waals surface area contributed by atoms with Gasteiger partial charge in [0.1, 0.15) is 11.5 Å². The molecule has 0 spiro atoms. The molecule has 4 unspecified atom stereocenters. The normalized spacial score (nSPS) is 16.6. The maximum Gasteiger partial charge on any atom is 0.509 e. The molecule has 0 rings (SSSR count). The van der Waals surface area contributed by atoms with Crippen LogP contribution in [0.2, 0.25) is 183 Å². The molecule has 0 heterocycles. The van der Waals surface area contributed by atoms with Crippen LogP contribution in [0.3, 0.4) is 0 Å². The van der Waals surface area contributed by atoms with Gasteiger partial charge in [0.25, 0.3) is 0 Å². The summed E-state index contributed by atoms with van der Waals surface area (Å²) in [6, 6.07) is 0. The molecule has 0 aromatic heterocycles. The molecule has 0 aromatic carbocycles. The summed E-state index contributed by atoms with van der Waals surface area (Å²) in [6.45, 7) is 79.0. The minimum Gasteiger partial charge on any atom is -0.417 e. The fourth-order valence-corrected chi connectivity index (χ4v) is 68.4. The quantitative estimate of drug-likeness (QED) is 0.0324. The van der Waals surface area contributed by atoms with Crippen LogP contribution in [0.15, 0.2) is 24.3 Å². The van der Waals surface area contributed by atoms with Gasteiger partial charge < -0.3 is 72.4 Å². The Morgan fingerprint density at radius 1 is 0.299 bits per heavy atom. The van der Waals surface area contributed by atoms with Crippen molar-refractivity contribution >= 4 is 119 Å². The smallest absolute Gasteiger partial charge is 0.417 e. The molecule has 31 heteroatoms. The molecule has 0 N–H and O–H groups in total. The number of hydrogen-bond donors (Lipinski definition) is 0. The van der Waals surface area contributed by atoms with Crippen LogP contribution in [-0.2, 0) is 72.4 Å². The van der Waals surface area contributed by atoms with Crippen LogP contribution in [0.5, 0.6) is 0 Å². The van der Waals surface area contributed by atoms with Crippen molar-refractivity contribution in [2.24, 2.45) is 0 Å². The molecule has 77 heavy (non-hydrogen) atoms. The molecule has 0 aliphatic heterocycles. The molecule has 460 valence electrons. The second-order valence-electron chi connectivity index (χ2n) is 28.6. The molecule has 0 saturated heterocycles. The van der Waals surface area contributed by atoms with E-state index in [0.29, 0.717) is 0 Å². The summed E-state index contributed by atoms with van der Waals surface area (Å²) in [5.74, 6) is 0. The van der Waals surface area contributed by atoms with Crippen LogP contribution >= 0.6 is 0 Å². The van der Waals surface area contributed by atoms with E-state index in [1.807, 2.05) is 67.7 Å². The molecule has 0 bridgehead atoms. The molecule has 0 fully saturated rings. The van der Waals surface area contributed by atoms with Crippen molar-refractivity contribution < 1.29 is 72.4 Å². The van der Waals surface area contributed by atoms with Crippen molar-refractivity contribution in [1.82, 2.24) is 0 Å². The van der Waals surface area contributed by atoms with Crippen molar-refractivity contribution in [3.63, 3.8) is 0 Å². The van der Waals surface area contributed by atoms with Crippen LogP contribution in [0.1, 0.15) is 54.4 Å². The SMILES string of the molecule is C=C(C)COC(C)OC(CC)[Si](O[Si](C)(O[Si](C)(C)C)O[Si](C)(C)C)(O[Si](C)(O[Si](C)(C)C)O[Si](C)(C)C)O[Si](O[Si](C)(O[Si](C)(C)C)O[Si](C)(C)C)(O[Si](C)(O[Si](C)(C)C)O[Si](C)(C)C)C(CC)OC(C)OCC(=C)C. The van der Waals surface area contributed by atoms with Crippen molar-refractivity contribution in [2.75, 3.05) is 13.2 Å². The molecule has 0 aliphatic carbocycles. The number of ether oxygens (including phenoxy) is 4. The molecule has 0 amide bonds. The summed E-state index contributed by atoms with van der Waals surface area (Å²) in [5.41, 5.74) is -0.453. The largest absolute Gasteiger partial charge is 0.509 e. The van der Waals surface area contributed by atoms with Gasteiger partial charge in [0.15, 0.2) is 79.1 Å². The summed E-state index contributed by atoms with van der Waals surface area (Å²) >= 11 is 0. The van der Waals surface area contributed by atoms with Crippen LogP contribution < -0.4 is 0 Å². The van der Waals surface area contributed by atoms with E-state index in [4.69, 9.17) is 72.4 Å². The Hall–Kier alpha value is 1.84. The first kappa shape index (κ1) is 78.8. The van der Waals surface area contributed by atoms with Gasteiger partial charge in [-0.3, -0.25) is 0 Å². The second kappa shape index (κ2) is 29.5. The van der Waals surface area contributed by atoms with E-state index in [0.717, 1.165) is 11.1 Å². The Balaban J connectivity index is 10.6. The zero-order valence-corrected chi connectivity index (χ0v) is 69.5. The van der Waals surface area contributed by atoms with Gasteiger partial charge in [0.05, 0.1) is 13.2 Å². The van der Waals surface area contributed by atoms with E-state index >= 15 is 0 Å². The van der Waals surface area contributed by atoms with Crippen molar-refractivity contribution in [3.05, 3.63) is 24.3 Å². The summed E-state index contributed by atoms with van der Waals surface area (Å²) in [6.07, 6.45) is -1.12. The average molecular weight is 1340 g/mol. The maximum absolute atomic E-state index is 8.50. The van der Waals surface area contributed by atoms with Gasteiger partial charge >= 0.3 is 52.8 Å². The highest BCUT2D eigenvalue weighted by Crippen LogP contribution is 2.42. The van der Waals surface area contributed by atoms with Crippen LogP contribution in [-0.4, -0.2) is 157 Å². The lowest BCUT2D eigenvalue weighted by atomic mass is 10.4. The van der Waals surface area contributed by atoms with E-state index in [9.17, 15) is 0 Å². The van der Waals surface area contributed by atoms with Gasteiger partial charge in [-0.1, -0.05) is 38.2 Å². The standard InChI is InChI=1S/C46H118O17Si14/c1-37-45(49-43(7)47-39-41(3)4)76(59-72(33,51-64(9,10)11)52-65(12,13)14,60-73(34,53-66(15,16)17)54-67(18,19)20)63-77(46(38-2)50-44(8)48-40-42(5)6,61-74(35,55-68(21,22)23)56-69(24,25)26)62-75(36,57-70(27,28)29)58-71(30,31)32/h43-46H,3,5,37-40H2,1-2,4,6-36H3. The van der Waals surface area contributed by atoms with Gasteiger partial charge in [-0.25, -0.2) is 0 Å². The summed E-state index contributed by atoms with van der Waals surface area (Å²) in [7, 11) is -46.5. The minimum absolute atomic E-state index is 0.235. The fraction of sp³-hybridized carbons (Fsp3) is 0.913. The minimum atomic E-state index is -5.02. The maximum atomic E-state index is 8.50. The van der Waals surface area contributed by atoms with E-state index in [2.05, 4.69) is 170 Å². The van der Waals surface area contributed by atoms with Crippen molar-refractivity contribution in [3.8, 4) is 0 Å². The zero-order chi connectivity index (χ0) is 61.3. The van der Waals surface area contributed by atoms with Gasteiger partial charge in [-0.2, -0.15) is 0 Å². The molecule has 0 radical (unpaired) electrons. The molecule has 0 aliphatic rings. The Bertz CT molecular complexity index is 1540. The first-order chi connectivity index (χ1) is 33.7. The Morgan fingerprint density at radius 3 is 0.597 bits per heavy atom. The molecule has 0 saturated carbocycles. The Kier molecular flexibility index (Phi) is 30.2. The highest BCUT2D eigenvalue weighted by Gasteiger charge is 2.73. The van der Waals surface area contributed by atoms with Gasteiger partial charge in [-0.15, -0.1) is 0 Å². The molecule has 17 nitrogen and oxygen atoms in total. The second-order valence-corrected chi connectivity index (χ2v) is 83.6. The van der Waals surface area contributed by atoms with Gasteiger partial charge in [0, 0.05) is 26.2 Å². The van der Waals surface area contributed by atoms with Crippen LogP contribution in [0.25, 0.3) is 0 Å². The third-order valence-corrected chi connectivity index (χ3v) is 55.8. The predicted molar refractivity (Wildman–Crippen MR) is 350 cm³/mol. The van der Waals surface area contributed by atoms with Crippen LogP contribution in [0.4, 0.5) is 0 Å². The third-order valence-electron chi connectivity index (χ3n) is 8.90. The van der Waals surface area contributed by atoms with E-state index in [-0.39, 0.29) is 26.1 Å². The zero-order valence-electron chi connectivity index (χ0n) is 55.5. The van der Waals surface area contributed by atoms with E-state index < -0.39 is 143 Å².